The van der Waals surface area contributed by atoms with E-state index in [9.17, 15) is 8.42 Å². The van der Waals surface area contributed by atoms with Crippen molar-refractivity contribution in [2.45, 2.75) is 17.9 Å². The summed E-state index contributed by atoms with van der Waals surface area (Å²) in [5.74, 6) is 0. The van der Waals surface area contributed by atoms with E-state index in [2.05, 4.69) is 21.1 Å². The van der Waals surface area contributed by atoms with Crippen LogP contribution in [0, 0.1) is 0 Å². The highest BCUT2D eigenvalue weighted by Crippen LogP contribution is 2.34. The van der Waals surface area contributed by atoms with Gasteiger partial charge in [-0.3, -0.25) is 4.90 Å². The van der Waals surface area contributed by atoms with Crippen LogP contribution in [0.2, 0.25) is 8.67 Å². The minimum atomic E-state index is -3.60. The van der Waals surface area contributed by atoms with Gasteiger partial charge >= 0.3 is 0 Å². The molecule has 3 rings (SSSR count). The van der Waals surface area contributed by atoms with Crippen LogP contribution in [-0.4, -0.2) is 33.0 Å². The highest BCUT2D eigenvalue weighted by molar-refractivity contribution is 7.89. The highest BCUT2D eigenvalue weighted by Gasteiger charge is 2.22. The molecule has 2 aromatic rings. The fourth-order valence-corrected chi connectivity index (χ4v) is 6.48. The van der Waals surface area contributed by atoms with Crippen molar-refractivity contribution in [1.29, 1.82) is 0 Å². The zero-order valence-corrected chi connectivity index (χ0v) is 15.5. The summed E-state index contributed by atoms with van der Waals surface area (Å²) in [7, 11) is -3.60. The van der Waals surface area contributed by atoms with Gasteiger partial charge in [-0.05, 0) is 29.5 Å². The van der Waals surface area contributed by atoms with Crippen LogP contribution in [0.15, 0.2) is 22.4 Å². The smallest absolute Gasteiger partial charge is 0.243 e. The second-order valence-electron chi connectivity index (χ2n) is 4.98. The summed E-state index contributed by atoms with van der Waals surface area (Å²) in [5.41, 5.74) is 1.35. The molecule has 4 nitrogen and oxygen atoms in total. The largest absolute Gasteiger partial charge is 0.297 e. The minimum Gasteiger partial charge on any atom is -0.297 e. The molecule has 0 fully saturated rings. The molecular formula is C13H14Cl2N2O2S3. The fourth-order valence-electron chi connectivity index (χ4n) is 2.42. The summed E-state index contributed by atoms with van der Waals surface area (Å²) >= 11 is 14.6. The first-order chi connectivity index (χ1) is 10.5. The Hall–Kier alpha value is -0.150. The first-order valence-corrected chi connectivity index (χ1v) is 10.6. The normalized spacial score (nSPS) is 15.9. The van der Waals surface area contributed by atoms with Gasteiger partial charge < -0.3 is 0 Å². The Balaban J connectivity index is 1.56. The van der Waals surface area contributed by atoms with Crippen molar-refractivity contribution in [2.75, 3.05) is 19.6 Å². The van der Waals surface area contributed by atoms with Gasteiger partial charge in [0, 0.05) is 31.1 Å². The number of hydrogen-bond acceptors (Lipinski definition) is 5. The lowest BCUT2D eigenvalue weighted by atomic mass is 10.1. The molecule has 0 bridgehead atoms. The Bertz CT molecular complexity index is 770. The summed E-state index contributed by atoms with van der Waals surface area (Å²) in [6, 6.07) is 3.53. The molecule has 0 radical (unpaired) electrons. The summed E-state index contributed by atoms with van der Waals surface area (Å²) in [6.07, 6.45) is 1.03. The van der Waals surface area contributed by atoms with Crippen molar-refractivity contribution in [3.8, 4) is 0 Å². The zero-order chi connectivity index (χ0) is 15.7. The number of thiophene rings is 2. The number of nitrogens with zero attached hydrogens (tertiary/aromatic N) is 1. The maximum absolute atomic E-state index is 12.2. The minimum absolute atomic E-state index is 0.0583. The molecule has 0 amide bonds. The highest BCUT2D eigenvalue weighted by atomic mass is 35.5. The lowest BCUT2D eigenvalue weighted by molar-refractivity contribution is 0.260. The molecule has 1 aliphatic heterocycles. The van der Waals surface area contributed by atoms with Crippen molar-refractivity contribution in [3.63, 3.8) is 0 Å². The van der Waals surface area contributed by atoms with Crippen LogP contribution in [0.1, 0.15) is 10.4 Å². The second-order valence-corrected chi connectivity index (χ2v) is 10.0. The zero-order valence-electron chi connectivity index (χ0n) is 11.5. The summed E-state index contributed by atoms with van der Waals surface area (Å²) in [6.45, 7) is 2.86. The van der Waals surface area contributed by atoms with Gasteiger partial charge in [0.05, 0.1) is 4.34 Å². The van der Waals surface area contributed by atoms with Crippen molar-refractivity contribution >= 4 is 55.9 Å². The predicted molar refractivity (Wildman–Crippen MR) is 92.8 cm³/mol. The van der Waals surface area contributed by atoms with Crippen LogP contribution in [0.4, 0.5) is 0 Å². The van der Waals surface area contributed by atoms with Crippen LogP contribution < -0.4 is 4.72 Å². The van der Waals surface area contributed by atoms with Gasteiger partial charge in [0.25, 0.3) is 0 Å². The standard InChI is InChI=1S/C13H14Cl2N2O2S3/c14-12-7-11(13(15)21-12)22(18,19)16-3-5-17-4-1-10-9(8-17)2-6-20-10/h2,6-7,16H,1,3-5,8H2. The Labute approximate surface area is 147 Å². The van der Waals surface area contributed by atoms with E-state index in [-0.39, 0.29) is 9.23 Å². The van der Waals surface area contributed by atoms with Crippen molar-refractivity contribution < 1.29 is 8.42 Å². The lowest BCUT2D eigenvalue weighted by Crippen LogP contribution is -2.37. The van der Waals surface area contributed by atoms with Crippen molar-refractivity contribution in [2.24, 2.45) is 0 Å². The molecule has 120 valence electrons. The molecule has 0 atom stereocenters. The van der Waals surface area contributed by atoms with E-state index in [0.717, 1.165) is 30.8 Å². The van der Waals surface area contributed by atoms with Gasteiger partial charge in [-0.25, -0.2) is 13.1 Å². The molecule has 0 saturated carbocycles. The van der Waals surface area contributed by atoms with E-state index < -0.39 is 10.0 Å². The number of sulfonamides is 1. The molecule has 0 saturated heterocycles. The Morgan fingerprint density at radius 2 is 2.18 bits per heavy atom. The van der Waals surface area contributed by atoms with Crippen LogP contribution >= 0.6 is 45.9 Å². The third-order valence-electron chi connectivity index (χ3n) is 3.52. The first kappa shape index (κ1) is 16.7. The van der Waals surface area contributed by atoms with Gasteiger partial charge in [0.1, 0.15) is 9.23 Å². The Kier molecular flexibility index (Phi) is 5.13. The van der Waals surface area contributed by atoms with E-state index in [4.69, 9.17) is 23.2 Å². The van der Waals surface area contributed by atoms with Gasteiger partial charge in [0.15, 0.2) is 0 Å². The monoisotopic (exact) mass is 396 g/mol. The third-order valence-corrected chi connectivity index (χ3v) is 7.76. The van der Waals surface area contributed by atoms with Gasteiger partial charge in [-0.1, -0.05) is 23.2 Å². The molecule has 0 spiro atoms. The van der Waals surface area contributed by atoms with Crippen molar-refractivity contribution in [1.82, 2.24) is 9.62 Å². The first-order valence-electron chi connectivity index (χ1n) is 6.68. The van der Waals surface area contributed by atoms with Crippen LogP contribution in [-0.2, 0) is 23.0 Å². The number of rotatable bonds is 5. The SMILES string of the molecule is O=S(=O)(NCCN1CCc2sccc2C1)c1cc(Cl)sc1Cl. The van der Waals surface area contributed by atoms with Crippen molar-refractivity contribution in [3.05, 3.63) is 36.6 Å². The molecule has 0 aromatic carbocycles. The van der Waals surface area contributed by atoms with E-state index >= 15 is 0 Å². The van der Waals surface area contributed by atoms with E-state index in [1.807, 2.05) is 0 Å². The average molecular weight is 397 g/mol. The van der Waals surface area contributed by atoms with Gasteiger partial charge in [-0.15, -0.1) is 22.7 Å². The molecule has 3 heterocycles. The molecule has 1 N–H and O–H groups in total. The molecule has 0 unspecified atom stereocenters. The number of hydrogen-bond donors (Lipinski definition) is 1. The maximum Gasteiger partial charge on any atom is 0.243 e. The Morgan fingerprint density at radius 1 is 1.36 bits per heavy atom. The third kappa shape index (κ3) is 3.67. The summed E-state index contributed by atoms with van der Waals surface area (Å²) < 4.78 is 27.6. The molecule has 1 aliphatic rings. The van der Waals surface area contributed by atoms with E-state index in [1.54, 1.807) is 11.3 Å². The quantitative estimate of drug-likeness (QED) is 0.841. The maximum atomic E-state index is 12.2. The van der Waals surface area contributed by atoms with Gasteiger partial charge in [0.2, 0.25) is 10.0 Å². The predicted octanol–water partition coefficient (Wildman–Crippen LogP) is 3.45. The summed E-state index contributed by atoms with van der Waals surface area (Å²) in [4.78, 5) is 3.75. The number of halogens is 2. The molecular weight excluding hydrogens is 383 g/mol. The summed E-state index contributed by atoms with van der Waals surface area (Å²) in [5, 5.41) is 2.11. The van der Waals surface area contributed by atoms with E-state index in [0.29, 0.717) is 17.4 Å². The van der Waals surface area contributed by atoms with Crippen LogP contribution in [0.3, 0.4) is 0 Å². The lowest BCUT2D eigenvalue weighted by Gasteiger charge is -2.26. The average Bonchev–Trinajstić information content (AvgIpc) is 3.04. The fraction of sp³-hybridized carbons (Fsp3) is 0.385. The molecule has 22 heavy (non-hydrogen) atoms. The molecule has 2 aromatic heterocycles. The number of fused-ring (bicyclic) bond motifs is 1. The van der Waals surface area contributed by atoms with E-state index in [1.165, 1.54) is 16.5 Å². The second kappa shape index (κ2) is 6.76. The Morgan fingerprint density at radius 3 is 2.91 bits per heavy atom. The van der Waals surface area contributed by atoms with Crippen LogP contribution in [0.5, 0.6) is 0 Å². The van der Waals surface area contributed by atoms with Gasteiger partial charge in [-0.2, -0.15) is 0 Å². The molecule has 9 heteroatoms. The molecule has 0 aliphatic carbocycles. The topological polar surface area (TPSA) is 49.4 Å². The van der Waals surface area contributed by atoms with Crippen LogP contribution in [0.25, 0.3) is 0 Å². The number of nitrogens with one attached hydrogen (secondary N) is 1.